The van der Waals surface area contributed by atoms with Crippen LogP contribution < -0.4 is 10.6 Å². The van der Waals surface area contributed by atoms with Gasteiger partial charge in [0, 0.05) is 50.6 Å². The van der Waals surface area contributed by atoms with Crippen LogP contribution in [0.3, 0.4) is 0 Å². The summed E-state index contributed by atoms with van der Waals surface area (Å²) >= 11 is 0. The fraction of sp³-hybridized carbons (Fsp3) is 0.276. The number of pyridine rings is 2. The second-order valence-electron chi connectivity index (χ2n) is 9.87. The smallest absolute Gasteiger partial charge is 0.320 e. The molecule has 1 fully saturated rings. The minimum atomic E-state index is -0.627. The lowest BCUT2D eigenvalue weighted by molar-refractivity contribution is -0.154. The number of aromatic nitrogens is 5. The van der Waals surface area contributed by atoms with Crippen molar-refractivity contribution in [3.63, 3.8) is 0 Å². The summed E-state index contributed by atoms with van der Waals surface area (Å²) in [5, 5.41) is 12.5. The predicted molar refractivity (Wildman–Crippen MR) is 151 cm³/mol. The number of para-hydroxylation sites is 1. The lowest BCUT2D eigenvalue weighted by Gasteiger charge is -2.19. The molecule has 13 heteroatoms. The van der Waals surface area contributed by atoms with Crippen molar-refractivity contribution in [2.45, 2.75) is 26.0 Å². The van der Waals surface area contributed by atoms with Crippen molar-refractivity contribution < 1.29 is 23.2 Å². The number of ether oxygens (including phenoxy) is 1. The maximum atomic E-state index is 14.0. The molecule has 12 nitrogen and oxygen atoms in total. The number of rotatable bonds is 8. The van der Waals surface area contributed by atoms with Gasteiger partial charge in [-0.1, -0.05) is 18.2 Å². The predicted octanol–water partition coefficient (Wildman–Crippen LogP) is 4.35. The highest BCUT2D eigenvalue weighted by molar-refractivity contribution is 5.91. The Morgan fingerprint density at radius 1 is 1.17 bits per heavy atom. The van der Waals surface area contributed by atoms with Gasteiger partial charge in [-0.2, -0.15) is 19.5 Å². The zero-order chi connectivity index (χ0) is 29.2. The number of carbonyl (C=O) groups is 1. The van der Waals surface area contributed by atoms with E-state index in [9.17, 15) is 9.18 Å². The van der Waals surface area contributed by atoms with Crippen LogP contribution in [-0.2, 0) is 9.57 Å². The van der Waals surface area contributed by atoms with Gasteiger partial charge in [0.05, 0.1) is 24.0 Å². The molecule has 0 unspecified atom stereocenters. The van der Waals surface area contributed by atoms with Crippen LogP contribution in [-0.4, -0.2) is 68.7 Å². The number of methoxy groups -OCH3 is 1. The molecule has 2 amide bonds. The summed E-state index contributed by atoms with van der Waals surface area (Å²) in [4.78, 5) is 31.9. The van der Waals surface area contributed by atoms with E-state index < -0.39 is 24.1 Å². The molecule has 0 radical (unpaired) electrons. The monoisotopic (exact) mass is 572 g/mol. The van der Waals surface area contributed by atoms with Gasteiger partial charge in [-0.25, -0.2) is 19.4 Å². The molecule has 216 valence electrons. The highest BCUT2D eigenvalue weighted by atomic mass is 19.1. The first-order valence-electron chi connectivity index (χ1n) is 13.4. The number of aryl methyl sites for hydroxylation is 1. The number of benzene rings is 1. The first kappa shape index (κ1) is 27.4. The molecule has 2 atom stereocenters. The Morgan fingerprint density at radius 2 is 2.00 bits per heavy atom. The summed E-state index contributed by atoms with van der Waals surface area (Å²) < 4.78 is 26.5. The zero-order valence-corrected chi connectivity index (χ0v) is 23.2. The number of fused-ring (bicyclic) bond motifs is 1. The first-order chi connectivity index (χ1) is 20.4. The number of nitrogens with zero attached hydrogens (tertiary/aromatic N) is 6. The number of hydrogen-bond acceptors (Lipinski definition) is 9. The average molecular weight is 573 g/mol. The zero-order valence-electron chi connectivity index (χ0n) is 23.2. The van der Waals surface area contributed by atoms with E-state index >= 15 is 0 Å². The highest BCUT2D eigenvalue weighted by Crippen LogP contribution is 2.33. The van der Waals surface area contributed by atoms with E-state index in [2.05, 4.69) is 25.6 Å². The third kappa shape index (κ3) is 5.57. The molecular formula is C29H29FN8O4. The van der Waals surface area contributed by atoms with Crippen LogP contribution in [0, 0.1) is 19.8 Å². The van der Waals surface area contributed by atoms with Crippen LogP contribution in [0.2, 0.25) is 0 Å². The number of urea groups is 1. The normalized spacial score (nSPS) is 17.1. The molecular weight excluding hydrogens is 543 g/mol. The second-order valence-corrected chi connectivity index (χ2v) is 9.87. The molecule has 0 bridgehead atoms. The summed E-state index contributed by atoms with van der Waals surface area (Å²) in [5.41, 5.74) is 4.44. The van der Waals surface area contributed by atoms with Crippen LogP contribution in [0.5, 0.6) is 0 Å². The molecule has 0 saturated carbocycles. The minimum Gasteiger partial charge on any atom is -0.439 e. The molecule has 1 aromatic carbocycles. The van der Waals surface area contributed by atoms with Crippen LogP contribution in [0.1, 0.15) is 23.1 Å². The Balaban J connectivity index is 1.30. The standard InChI is InChI=1S/C29H29FN8O4/c1-17-25(20-13-23-27(32-15-20)33-18(2)41-23)36-38(21-7-5-4-6-8-21)28(17)35-29(39)34-22-16-37(11-12-40-3)42-26(22)19-9-10-31-24(30)14-19/h4-10,13-15,22,26H,11-12,16H2,1-3H3,(H2,34,35,39)/t22-,26+/m1/s1. The van der Waals surface area contributed by atoms with Crippen LogP contribution in [0.4, 0.5) is 15.0 Å². The number of carbonyl (C=O) groups excluding carboxylic acids is 1. The molecule has 1 saturated heterocycles. The molecule has 42 heavy (non-hydrogen) atoms. The SMILES string of the molecule is COCCN1C[C@@H](NC(=O)Nc2c(C)c(-c3cnc4nc(C)oc4c3)nn2-c2ccccc2)[C@H](c2ccnc(F)c2)O1. The fourth-order valence-corrected chi connectivity index (χ4v) is 4.98. The molecule has 5 aromatic rings. The fourth-order valence-electron chi connectivity index (χ4n) is 4.98. The van der Waals surface area contributed by atoms with Crippen molar-refractivity contribution in [1.82, 2.24) is 35.1 Å². The Morgan fingerprint density at radius 3 is 2.79 bits per heavy atom. The number of oxazole rings is 1. The van der Waals surface area contributed by atoms with Gasteiger partial charge >= 0.3 is 6.03 Å². The maximum Gasteiger partial charge on any atom is 0.320 e. The van der Waals surface area contributed by atoms with Gasteiger partial charge in [0.2, 0.25) is 5.95 Å². The van der Waals surface area contributed by atoms with E-state index in [0.717, 1.165) is 11.3 Å². The number of amides is 2. The third-order valence-corrected chi connectivity index (χ3v) is 6.95. The molecule has 1 aliphatic heterocycles. The van der Waals surface area contributed by atoms with E-state index in [-0.39, 0.29) is 0 Å². The van der Waals surface area contributed by atoms with Gasteiger partial charge in [0.15, 0.2) is 17.1 Å². The summed E-state index contributed by atoms with van der Waals surface area (Å²) in [5.74, 6) is 0.367. The van der Waals surface area contributed by atoms with Gasteiger partial charge in [0.1, 0.15) is 11.9 Å². The van der Waals surface area contributed by atoms with E-state index in [1.807, 2.05) is 43.3 Å². The Kier molecular flexibility index (Phi) is 7.61. The second kappa shape index (κ2) is 11.6. The summed E-state index contributed by atoms with van der Waals surface area (Å²) in [6.07, 6.45) is 2.43. The molecule has 0 spiro atoms. The lowest BCUT2D eigenvalue weighted by Crippen LogP contribution is -2.42. The van der Waals surface area contributed by atoms with Crippen molar-refractivity contribution in [1.29, 1.82) is 0 Å². The Hall–Kier alpha value is -4.72. The molecule has 2 N–H and O–H groups in total. The quantitative estimate of drug-likeness (QED) is 0.260. The van der Waals surface area contributed by atoms with Crippen molar-refractivity contribution in [2.24, 2.45) is 0 Å². The van der Waals surface area contributed by atoms with Gasteiger partial charge in [0.25, 0.3) is 0 Å². The van der Waals surface area contributed by atoms with E-state index in [1.54, 1.807) is 36.0 Å². The molecule has 4 aromatic heterocycles. The lowest BCUT2D eigenvalue weighted by atomic mass is 10.0. The van der Waals surface area contributed by atoms with Crippen molar-refractivity contribution in [3.8, 4) is 16.9 Å². The van der Waals surface area contributed by atoms with Crippen LogP contribution in [0.15, 0.2) is 65.3 Å². The number of halogens is 1. The number of hydrogen-bond donors (Lipinski definition) is 2. The average Bonchev–Trinajstić information content (AvgIpc) is 3.66. The number of hydroxylamine groups is 2. The van der Waals surface area contributed by atoms with Crippen LogP contribution in [0.25, 0.3) is 28.2 Å². The van der Waals surface area contributed by atoms with Crippen molar-refractivity contribution in [3.05, 3.63) is 83.9 Å². The van der Waals surface area contributed by atoms with Gasteiger partial charge in [-0.3, -0.25) is 10.2 Å². The number of anilines is 1. The molecule has 1 aliphatic rings. The first-order valence-corrected chi connectivity index (χ1v) is 13.4. The topological polar surface area (TPSA) is 132 Å². The number of nitrogens with one attached hydrogen (secondary N) is 2. The summed E-state index contributed by atoms with van der Waals surface area (Å²) in [6, 6.07) is 13.3. The minimum absolute atomic E-state index is 0.371. The summed E-state index contributed by atoms with van der Waals surface area (Å²) in [7, 11) is 1.60. The maximum absolute atomic E-state index is 14.0. The van der Waals surface area contributed by atoms with Crippen molar-refractivity contribution >= 4 is 23.1 Å². The largest absolute Gasteiger partial charge is 0.439 e. The van der Waals surface area contributed by atoms with Gasteiger partial charge in [-0.15, -0.1) is 0 Å². The van der Waals surface area contributed by atoms with E-state index in [0.29, 0.717) is 59.5 Å². The van der Waals surface area contributed by atoms with E-state index in [4.69, 9.17) is 19.1 Å². The van der Waals surface area contributed by atoms with Crippen molar-refractivity contribution in [2.75, 3.05) is 32.1 Å². The molecule has 6 rings (SSSR count). The van der Waals surface area contributed by atoms with Gasteiger partial charge < -0.3 is 14.5 Å². The van der Waals surface area contributed by atoms with E-state index in [1.165, 1.54) is 12.3 Å². The molecule has 0 aliphatic carbocycles. The third-order valence-electron chi connectivity index (χ3n) is 6.95. The van der Waals surface area contributed by atoms with Crippen LogP contribution >= 0.6 is 0 Å². The Labute approximate surface area is 240 Å². The highest BCUT2D eigenvalue weighted by Gasteiger charge is 2.37. The summed E-state index contributed by atoms with van der Waals surface area (Å²) in [6.45, 7) is 4.92. The Bertz CT molecular complexity index is 1720. The van der Waals surface area contributed by atoms with Gasteiger partial charge in [-0.05, 0) is 42.8 Å². The molecule has 5 heterocycles.